The quantitative estimate of drug-likeness (QED) is 0.160. The summed E-state index contributed by atoms with van der Waals surface area (Å²) in [7, 11) is 0. The Balaban J connectivity index is 2.48. The molecule has 3 rings (SSSR count). The molecule has 222 valence electrons. The summed E-state index contributed by atoms with van der Waals surface area (Å²) in [6.45, 7) is 15.9. The maximum absolute atomic E-state index is 13.6. The standard InChI is InChI=1S/C35H46O6/c1-21(2)14-15-25-20-35(17-16-22(3)4)31(39)29(27(36)18-23(5)6)33(40)41-32(35)30(34(25,7)8)26(19-28(37)38)24-12-10-9-11-13-24/h9-14,16,23,25-26,39H,15,17-20H2,1-8H3,(H,37,38)/t25-,26-,35+/m0/s1. The second-order valence-electron chi connectivity index (χ2n) is 13.1. The number of ketones is 1. The summed E-state index contributed by atoms with van der Waals surface area (Å²) < 4.78 is 6.18. The van der Waals surface area contributed by atoms with E-state index in [9.17, 15) is 24.6 Å². The first-order valence-electron chi connectivity index (χ1n) is 14.6. The summed E-state index contributed by atoms with van der Waals surface area (Å²) in [6, 6.07) is 9.41. The summed E-state index contributed by atoms with van der Waals surface area (Å²) in [4.78, 5) is 39.2. The molecular weight excluding hydrogens is 516 g/mol. The Morgan fingerprint density at radius 1 is 1.02 bits per heavy atom. The third-order valence-electron chi connectivity index (χ3n) is 8.55. The van der Waals surface area contributed by atoms with Crippen molar-refractivity contribution in [3.05, 3.63) is 81.9 Å². The van der Waals surface area contributed by atoms with E-state index in [0.29, 0.717) is 30.6 Å². The molecule has 3 atom stereocenters. The van der Waals surface area contributed by atoms with Gasteiger partial charge in [-0.1, -0.05) is 81.3 Å². The molecule has 0 fully saturated rings. The van der Waals surface area contributed by atoms with Gasteiger partial charge in [0, 0.05) is 12.3 Å². The topological polar surface area (TPSA) is 101 Å². The van der Waals surface area contributed by atoms with Crippen molar-refractivity contribution in [2.24, 2.45) is 22.7 Å². The number of carbonyl (C=O) groups is 3. The number of carboxylic acid groups (broad SMARTS) is 1. The van der Waals surface area contributed by atoms with E-state index in [1.807, 2.05) is 78.0 Å². The van der Waals surface area contributed by atoms with Crippen molar-refractivity contribution in [1.29, 1.82) is 0 Å². The number of esters is 1. The number of aliphatic hydroxyl groups excluding tert-OH is 1. The molecule has 1 aromatic rings. The lowest BCUT2D eigenvalue weighted by molar-refractivity contribution is -0.143. The zero-order valence-corrected chi connectivity index (χ0v) is 25.8. The largest absolute Gasteiger partial charge is 0.510 e. The van der Waals surface area contributed by atoms with Gasteiger partial charge in [0.05, 0.1) is 11.8 Å². The summed E-state index contributed by atoms with van der Waals surface area (Å²) >= 11 is 0. The zero-order chi connectivity index (χ0) is 30.7. The molecule has 2 N–H and O–H groups in total. The summed E-state index contributed by atoms with van der Waals surface area (Å²) in [5.41, 5.74) is 1.63. The number of ether oxygens (including phenoxy) is 1. The third kappa shape index (κ3) is 6.74. The molecule has 0 unspecified atom stereocenters. The van der Waals surface area contributed by atoms with Gasteiger partial charge >= 0.3 is 11.9 Å². The number of hydrogen-bond acceptors (Lipinski definition) is 5. The average Bonchev–Trinajstić information content (AvgIpc) is 2.86. The van der Waals surface area contributed by atoms with Crippen molar-refractivity contribution in [1.82, 2.24) is 0 Å². The first-order valence-corrected chi connectivity index (χ1v) is 14.6. The second-order valence-corrected chi connectivity index (χ2v) is 13.1. The van der Waals surface area contributed by atoms with Crippen LogP contribution in [0.5, 0.6) is 0 Å². The maximum atomic E-state index is 13.6. The van der Waals surface area contributed by atoms with E-state index in [1.54, 1.807) is 0 Å². The highest BCUT2D eigenvalue weighted by Crippen LogP contribution is 2.63. The molecule has 0 amide bonds. The van der Waals surface area contributed by atoms with Gasteiger partial charge in [-0.05, 0) is 75.3 Å². The Kier molecular flexibility index (Phi) is 9.89. The van der Waals surface area contributed by atoms with Crippen LogP contribution in [0.3, 0.4) is 0 Å². The van der Waals surface area contributed by atoms with Crippen molar-refractivity contribution < 1.29 is 29.3 Å². The fourth-order valence-corrected chi connectivity index (χ4v) is 6.35. The first kappa shape index (κ1) is 32.1. The number of aliphatic carboxylic acids is 1. The van der Waals surface area contributed by atoms with Crippen LogP contribution >= 0.6 is 0 Å². The number of aliphatic hydroxyl groups is 1. The first-order chi connectivity index (χ1) is 19.1. The van der Waals surface area contributed by atoms with Crippen LogP contribution < -0.4 is 0 Å². The molecule has 0 saturated heterocycles. The summed E-state index contributed by atoms with van der Waals surface area (Å²) in [6.07, 6.45) is 5.52. The molecular formula is C35H46O6. The number of carboxylic acids is 1. The number of hydrogen-bond donors (Lipinski definition) is 2. The van der Waals surface area contributed by atoms with Crippen molar-refractivity contribution >= 4 is 17.7 Å². The molecule has 1 aromatic carbocycles. The van der Waals surface area contributed by atoms with Gasteiger partial charge in [0.25, 0.3) is 0 Å². The molecule has 0 radical (unpaired) electrons. The lowest BCUT2D eigenvalue weighted by Crippen LogP contribution is -2.48. The lowest BCUT2D eigenvalue weighted by atomic mass is 9.53. The van der Waals surface area contributed by atoms with E-state index >= 15 is 0 Å². The molecule has 6 nitrogen and oxygen atoms in total. The number of carbonyl (C=O) groups excluding carboxylic acids is 2. The summed E-state index contributed by atoms with van der Waals surface area (Å²) in [5.74, 6) is -2.87. The van der Waals surface area contributed by atoms with E-state index in [4.69, 9.17) is 4.74 Å². The molecule has 6 heteroatoms. The highest BCUT2D eigenvalue weighted by Gasteiger charge is 2.58. The average molecular weight is 563 g/mol. The predicted molar refractivity (Wildman–Crippen MR) is 161 cm³/mol. The van der Waals surface area contributed by atoms with Gasteiger partial charge in [0.15, 0.2) is 5.78 Å². The van der Waals surface area contributed by atoms with Crippen LogP contribution in [0.15, 0.2) is 76.3 Å². The van der Waals surface area contributed by atoms with Crippen LogP contribution in [0.2, 0.25) is 0 Å². The van der Waals surface area contributed by atoms with Crippen LogP contribution in [0.4, 0.5) is 0 Å². The van der Waals surface area contributed by atoms with E-state index in [1.165, 1.54) is 0 Å². The van der Waals surface area contributed by atoms with Crippen molar-refractivity contribution in [3.8, 4) is 0 Å². The molecule has 0 saturated carbocycles. The summed E-state index contributed by atoms with van der Waals surface area (Å²) in [5, 5.41) is 22.1. The monoisotopic (exact) mass is 562 g/mol. The Morgan fingerprint density at radius 2 is 1.63 bits per heavy atom. The van der Waals surface area contributed by atoms with Crippen molar-refractivity contribution in [2.75, 3.05) is 0 Å². The predicted octanol–water partition coefficient (Wildman–Crippen LogP) is 8.23. The SMILES string of the molecule is CC(C)=CC[C@H]1C[C@]2(CC=C(C)C)C(O)=C(C(=O)CC(C)C)C(=O)OC2=C([C@@H](CC(=O)O)c2ccccc2)C1(C)C. The van der Waals surface area contributed by atoms with E-state index in [2.05, 4.69) is 19.9 Å². The fourth-order valence-electron chi connectivity index (χ4n) is 6.35. The number of rotatable bonds is 11. The third-order valence-corrected chi connectivity index (χ3v) is 8.55. The minimum Gasteiger partial charge on any atom is -0.510 e. The van der Waals surface area contributed by atoms with Crippen molar-refractivity contribution in [3.63, 3.8) is 0 Å². The molecule has 1 aliphatic carbocycles. The number of benzene rings is 1. The number of allylic oxidation sites excluding steroid dienone is 5. The molecule has 1 aliphatic heterocycles. The van der Waals surface area contributed by atoms with Crippen LogP contribution in [-0.4, -0.2) is 27.9 Å². The highest BCUT2D eigenvalue weighted by molar-refractivity contribution is 6.18. The zero-order valence-electron chi connectivity index (χ0n) is 25.8. The Morgan fingerprint density at radius 3 is 2.17 bits per heavy atom. The molecule has 41 heavy (non-hydrogen) atoms. The molecule has 0 aromatic heterocycles. The van der Waals surface area contributed by atoms with Crippen molar-refractivity contribution in [2.45, 2.75) is 93.4 Å². The van der Waals surface area contributed by atoms with Crippen LogP contribution in [0.1, 0.15) is 99.0 Å². The number of fused-ring (bicyclic) bond motifs is 1. The minimum absolute atomic E-state index is 0.00874. The normalized spacial score (nSPS) is 22.6. The fraction of sp³-hybridized carbons (Fsp3) is 0.514. The molecule has 1 heterocycles. The van der Waals surface area contributed by atoms with E-state index in [0.717, 1.165) is 16.7 Å². The van der Waals surface area contributed by atoms with Crippen LogP contribution in [-0.2, 0) is 19.1 Å². The van der Waals surface area contributed by atoms with E-state index in [-0.39, 0.29) is 36.0 Å². The Bertz CT molecular complexity index is 1300. The number of Topliss-reactive ketones (excluding diaryl/α,β-unsaturated/α-hetero) is 1. The van der Waals surface area contributed by atoms with Gasteiger partial charge in [-0.3, -0.25) is 9.59 Å². The molecule has 0 spiro atoms. The maximum Gasteiger partial charge on any atom is 0.350 e. The van der Waals surface area contributed by atoms with Gasteiger partial charge < -0.3 is 14.9 Å². The minimum atomic E-state index is -1.18. The van der Waals surface area contributed by atoms with Gasteiger partial charge in [0.2, 0.25) is 0 Å². The van der Waals surface area contributed by atoms with E-state index < -0.39 is 34.5 Å². The van der Waals surface area contributed by atoms with Gasteiger partial charge in [0.1, 0.15) is 17.1 Å². The molecule has 2 aliphatic rings. The highest BCUT2D eigenvalue weighted by atomic mass is 16.5. The van der Waals surface area contributed by atoms with Gasteiger partial charge in [-0.25, -0.2) is 4.79 Å². The smallest absolute Gasteiger partial charge is 0.350 e. The molecule has 0 bridgehead atoms. The van der Waals surface area contributed by atoms with Crippen LogP contribution in [0.25, 0.3) is 0 Å². The Labute approximate surface area is 244 Å². The lowest BCUT2D eigenvalue weighted by Gasteiger charge is -2.53. The van der Waals surface area contributed by atoms with Crippen LogP contribution in [0, 0.1) is 22.7 Å². The van der Waals surface area contributed by atoms with Gasteiger partial charge in [-0.2, -0.15) is 0 Å². The Hall–Kier alpha value is -3.41. The van der Waals surface area contributed by atoms with Gasteiger partial charge in [-0.15, -0.1) is 0 Å². The second kappa shape index (κ2) is 12.6.